The van der Waals surface area contributed by atoms with Crippen LogP contribution < -0.4 is 5.32 Å². The first-order valence-electron chi connectivity index (χ1n) is 9.82. The Morgan fingerprint density at radius 2 is 1.66 bits per heavy atom. The van der Waals surface area contributed by atoms with Gasteiger partial charge >= 0.3 is 0 Å². The number of aryl methyl sites for hydroxylation is 1. The standard InChI is InChI=1S/C24H24N2O2S/c1-4-26-22-8-6-5-7-20(22)21-15-18(11-14-23(21)26)25-24(27)17-9-12-19(13-10-17)29(28)16(2)3/h5-16H,4H2,1-3H3,(H,25,27). The highest BCUT2D eigenvalue weighted by Crippen LogP contribution is 2.31. The largest absolute Gasteiger partial charge is 0.341 e. The van der Waals surface area contributed by atoms with Crippen molar-refractivity contribution in [1.29, 1.82) is 0 Å². The predicted octanol–water partition coefficient (Wildman–Crippen LogP) is 5.58. The van der Waals surface area contributed by atoms with E-state index < -0.39 is 10.8 Å². The molecule has 148 valence electrons. The number of hydrogen-bond acceptors (Lipinski definition) is 2. The summed E-state index contributed by atoms with van der Waals surface area (Å²) in [5, 5.41) is 5.35. The Kier molecular flexibility index (Phi) is 5.24. The average Bonchev–Trinajstić information content (AvgIpc) is 3.06. The Labute approximate surface area is 173 Å². The summed E-state index contributed by atoms with van der Waals surface area (Å²) < 4.78 is 14.5. The molecular formula is C24H24N2O2S. The Bertz CT molecular complexity index is 1220. The number of carbonyl (C=O) groups is 1. The van der Waals surface area contributed by atoms with Crippen LogP contribution in [0.3, 0.4) is 0 Å². The van der Waals surface area contributed by atoms with Gasteiger partial charge in [-0.15, -0.1) is 0 Å². The van der Waals surface area contributed by atoms with Crippen LogP contribution in [0.2, 0.25) is 0 Å². The lowest BCUT2D eigenvalue weighted by Crippen LogP contribution is -2.12. The minimum atomic E-state index is -1.06. The van der Waals surface area contributed by atoms with E-state index in [0.29, 0.717) is 5.56 Å². The molecule has 0 aliphatic heterocycles. The number of amides is 1. The molecule has 1 heterocycles. The van der Waals surface area contributed by atoms with Crippen molar-refractivity contribution in [1.82, 2.24) is 4.57 Å². The Hall–Kier alpha value is -2.92. The molecule has 0 aliphatic carbocycles. The molecule has 1 aromatic heterocycles. The van der Waals surface area contributed by atoms with Gasteiger partial charge in [-0.05, 0) is 55.5 Å². The molecule has 1 N–H and O–H groups in total. The summed E-state index contributed by atoms with van der Waals surface area (Å²) >= 11 is 0. The smallest absolute Gasteiger partial charge is 0.255 e. The van der Waals surface area contributed by atoms with Crippen LogP contribution in [0.15, 0.2) is 71.6 Å². The van der Waals surface area contributed by atoms with E-state index in [1.165, 1.54) is 10.9 Å². The number of benzene rings is 3. The topological polar surface area (TPSA) is 51.1 Å². The number of anilines is 1. The first kappa shape index (κ1) is 19.4. The van der Waals surface area contributed by atoms with Gasteiger partial charge in [0.05, 0.1) is 10.8 Å². The maximum absolute atomic E-state index is 12.7. The van der Waals surface area contributed by atoms with Crippen LogP contribution in [0.1, 0.15) is 31.1 Å². The van der Waals surface area contributed by atoms with Crippen LogP contribution in [0.5, 0.6) is 0 Å². The summed E-state index contributed by atoms with van der Waals surface area (Å²) in [5.41, 5.74) is 3.66. The number of hydrogen-bond donors (Lipinski definition) is 1. The number of fused-ring (bicyclic) bond motifs is 3. The maximum atomic E-state index is 12.7. The van der Waals surface area contributed by atoms with Crippen LogP contribution in [0, 0.1) is 0 Å². The second-order valence-electron chi connectivity index (χ2n) is 7.32. The zero-order chi connectivity index (χ0) is 20.5. The molecule has 1 unspecified atom stereocenters. The SMILES string of the molecule is CCn1c2ccccc2c2cc(NC(=O)c3ccc(S(=O)C(C)C)cc3)ccc21. The number of nitrogens with one attached hydrogen (secondary N) is 1. The van der Waals surface area contributed by atoms with Crippen LogP contribution in [-0.4, -0.2) is 19.9 Å². The molecule has 0 spiro atoms. The van der Waals surface area contributed by atoms with Crippen molar-refractivity contribution in [2.75, 3.05) is 5.32 Å². The van der Waals surface area contributed by atoms with Crippen molar-refractivity contribution in [2.24, 2.45) is 0 Å². The van der Waals surface area contributed by atoms with Crippen LogP contribution in [0.4, 0.5) is 5.69 Å². The van der Waals surface area contributed by atoms with Gasteiger partial charge in [0.1, 0.15) is 0 Å². The van der Waals surface area contributed by atoms with Crippen molar-refractivity contribution in [3.63, 3.8) is 0 Å². The minimum Gasteiger partial charge on any atom is -0.341 e. The fraction of sp³-hybridized carbons (Fsp3) is 0.208. The number of para-hydroxylation sites is 1. The summed E-state index contributed by atoms with van der Waals surface area (Å²) in [6.45, 7) is 6.86. The number of rotatable bonds is 5. The van der Waals surface area contributed by atoms with Crippen LogP contribution >= 0.6 is 0 Å². The molecule has 0 saturated carbocycles. The molecule has 1 atom stereocenters. The number of carbonyl (C=O) groups excluding carboxylic acids is 1. The van der Waals surface area contributed by atoms with Gasteiger partial charge in [-0.1, -0.05) is 32.0 Å². The lowest BCUT2D eigenvalue weighted by atomic mass is 10.1. The van der Waals surface area contributed by atoms with Crippen molar-refractivity contribution in [3.8, 4) is 0 Å². The fourth-order valence-corrected chi connectivity index (χ4v) is 4.64. The third-order valence-electron chi connectivity index (χ3n) is 5.12. The van der Waals surface area contributed by atoms with Gasteiger partial charge in [0, 0.05) is 49.7 Å². The Morgan fingerprint density at radius 3 is 2.34 bits per heavy atom. The van der Waals surface area contributed by atoms with E-state index in [4.69, 9.17) is 0 Å². The van der Waals surface area contributed by atoms with Gasteiger partial charge in [0.15, 0.2) is 0 Å². The van der Waals surface area contributed by atoms with Gasteiger partial charge in [0.25, 0.3) is 5.91 Å². The van der Waals surface area contributed by atoms with E-state index in [2.05, 4.69) is 35.0 Å². The summed E-state index contributed by atoms with van der Waals surface area (Å²) in [5.74, 6) is -0.176. The second kappa shape index (κ2) is 7.84. The molecule has 0 bridgehead atoms. The minimum absolute atomic E-state index is 0.0478. The first-order valence-corrected chi connectivity index (χ1v) is 11.0. The molecule has 0 aliphatic rings. The lowest BCUT2D eigenvalue weighted by molar-refractivity contribution is 0.102. The predicted molar refractivity (Wildman–Crippen MR) is 121 cm³/mol. The lowest BCUT2D eigenvalue weighted by Gasteiger charge is -2.08. The normalized spacial score (nSPS) is 12.6. The molecule has 4 nitrogen and oxygen atoms in total. The Balaban J connectivity index is 1.63. The highest BCUT2D eigenvalue weighted by atomic mass is 32.2. The molecule has 4 rings (SSSR count). The third kappa shape index (κ3) is 3.58. The molecule has 4 aromatic rings. The van der Waals surface area contributed by atoms with E-state index in [1.807, 2.05) is 38.1 Å². The number of nitrogens with zero attached hydrogens (tertiary/aromatic N) is 1. The van der Waals surface area contributed by atoms with Crippen LogP contribution in [-0.2, 0) is 17.3 Å². The van der Waals surface area contributed by atoms with Crippen molar-refractivity contribution in [2.45, 2.75) is 37.5 Å². The Morgan fingerprint density at radius 1 is 0.966 bits per heavy atom. The third-order valence-corrected chi connectivity index (χ3v) is 6.72. The zero-order valence-corrected chi connectivity index (χ0v) is 17.6. The molecule has 0 saturated heterocycles. The molecule has 29 heavy (non-hydrogen) atoms. The van der Waals surface area contributed by atoms with E-state index in [0.717, 1.165) is 28.0 Å². The molecule has 1 amide bonds. The first-order chi connectivity index (χ1) is 14.0. The van der Waals surface area contributed by atoms with E-state index >= 15 is 0 Å². The average molecular weight is 405 g/mol. The quantitative estimate of drug-likeness (QED) is 0.472. The van der Waals surface area contributed by atoms with Gasteiger partial charge in [0.2, 0.25) is 0 Å². The molecule has 3 aromatic carbocycles. The van der Waals surface area contributed by atoms with Gasteiger partial charge < -0.3 is 9.88 Å². The molecule has 0 radical (unpaired) electrons. The van der Waals surface area contributed by atoms with E-state index in [9.17, 15) is 9.00 Å². The van der Waals surface area contributed by atoms with Crippen molar-refractivity contribution >= 4 is 44.2 Å². The molecular weight excluding hydrogens is 380 g/mol. The monoisotopic (exact) mass is 404 g/mol. The van der Waals surface area contributed by atoms with E-state index in [-0.39, 0.29) is 11.2 Å². The highest BCUT2D eigenvalue weighted by molar-refractivity contribution is 7.85. The number of aromatic nitrogens is 1. The second-order valence-corrected chi connectivity index (χ2v) is 9.33. The fourth-order valence-electron chi connectivity index (χ4n) is 3.69. The molecule has 0 fully saturated rings. The molecule has 5 heteroatoms. The summed E-state index contributed by atoms with van der Waals surface area (Å²) in [7, 11) is -1.06. The van der Waals surface area contributed by atoms with Crippen LogP contribution in [0.25, 0.3) is 21.8 Å². The van der Waals surface area contributed by atoms with E-state index in [1.54, 1.807) is 24.3 Å². The van der Waals surface area contributed by atoms with Crippen molar-refractivity contribution < 1.29 is 9.00 Å². The van der Waals surface area contributed by atoms with Gasteiger partial charge in [-0.25, -0.2) is 0 Å². The zero-order valence-electron chi connectivity index (χ0n) is 16.8. The van der Waals surface area contributed by atoms with Crippen molar-refractivity contribution in [3.05, 3.63) is 72.3 Å². The van der Waals surface area contributed by atoms with Gasteiger partial charge in [-0.3, -0.25) is 9.00 Å². The summed E-state index contributed by atoms with van der Waals surface area (Å²) in [6.07, 6.45) is 0. The summed E-state index contributed by atoms with van der Waals surface area (Å²) in [4.78, 5) is 13.4. The summed E-state index contributed by atoms with van der Waals surface area (Å²) in [6, 6.07) is 21.3. The maximum Gasteiger partial charge on any atom is 0.255 e. The highest BCUT2D eigenvalue weighted by Gasteiger charge is 2.13. The van der Waals surface area contributed by atoms with Gasteiger partial charge in [-0.2, -0.15) is 0 Å².